The van der Waals surface area contributed by atoms with Crippen molar-refractivity contribution < 1.29 is 9.18 Å². The summed E-state index contributed by atoms with van der Waals surface area (Å²) in [7, 11) is 0. The Bertz CT molecular complexity index is 1110. The summed E-state index contributed by atoms with van der Waals surface area (Å²) in [6, 6.07) is 13.3. The molecule has 0 aliphatic carbocycles. The molecule has 5 heteroatoms. The molecule has 0 saturated carbocycles. The van der Waals surface area contributed by atoms with Crippen LogP contribution in [0.2, 0.25) is 0 Å². The highest BCUT2D eigenvalue weighted by Crippen LogP contribution is 2.43. The summed E-state index contributed by atoms with van der Waals surface area (Å²) < 4.78 is 13.5. The number of carbonyl (C=O) groups is 1. The largest absolute Gasteiger partial charge is 0.361 e. The van der Waals surface area contributed by atoms with Gasteiger partial charge in [-0.2, -0.15) is 0 Å². The number of carbonyl (C=O) groups excluding carboxylic acids is 1. The second-order valence-corrected chi connectivity index (χ2v) is 9.21. The highest BCUT2D eigenvalue weighted by atomic mass is 19.1. The molecule has 1 atom stereocenters. The lowest BCUT2D eigenvalue weighted by molar-refractivity contribution is -0.122. The molecular weight excluding hydrogens is 389 g/mol. The third-order valence-electron chi connectivity index (χ3n) is 7.56. The van der Waals surface area contributed by atoms with Crippen LogP contribution in [0.4, 0.5) is 10.1 Å². The maximum atomic E-state index is 13.5. The molecule has 1 unspecified atom stereocenters. The molecule has 31 heavy (non-hydrogen) atoms. The third-order valence-corrected chi connectivity index (χ3v) is 7.56. The average molecular weight is 420 g/mol. The van der Waals surface area contributed by atoms with Gasteiger partial charge in [-0.1, -0.05) is 25.1 Å². The highest BCUT2D eigenvalue weighted by Gasteiger charge is 2.45. The van der Waals surface area contributed by atoms with Gasteiger partial charge in [-0.05, 0) is 80.6 Å². The van der Waals surface area contributed by atoms with Gasteiger partial charge < -0.3 is 14.8 Å². The lowest BCUT2D eigenvalue weighted by atomic mass is 9.81. The molecule has 162 valence electrons. The molecule has 1 fully saturated rings. The van der Waals surface area contributed by atoms with Gasteiger partial charge >= 0.3 is 0 Å². The zero-order valence-electron chi connectivity index (χ0n) is 18.3. The van der Waals surface area contributed by atoms with Crippen LogP contribution in [0.3, 0.4) is 0 Å². The Labute approximate surface area is 183 Å². The number of para-hydroxylation sites is 1. The Kier molecular flexibility index (Phi) is 5.09. The fourth-order valence-corrected chi connectivity index (χ4v) is 5.43. The summed E-state index contributed by atoms with van der Waals surface area (Å²) in [5.74, 6) is 0.526. The number of nitrogens with zero attached hydrogens (tertiary/aromatic N) is 2. The van der Waals surface area contributed by atoms with Crippen LogP contribution in [0.25, 0.3) is 10.9 Å². The van der Waals surface area contributed by atoms with Crippen LogP contribution in [0, 0.1) is 5.82 Å². The Morgan fingerprint density at radius 3 is 2.68 bits per heavy atom. The third kappa shape index (κ3) is 3.35. The molecule has 4 nitrogen and oxygen atoms in total. The van der Waals surface area contributed by atoms with E-state index < -0.39 is 5.41 Å². The highest BCUT2D eigenvalue weighted by molar-refractivity contribution is 6.07. The number of fused-ring (bicyclic) bond motifs is 2. The number of benzene rings is 2. The molecule has 0 radical (unpaired) electrons. The average Bonchev–Trinajstić information content (AvgIpc) is 3.30. The van der Waals surface area contributed by atoms with Crippen LogP contribution in [0.5, 0.6) is 0 Å². The monoisotopic (exact) mass is 419 g/mol. The molecule has 2 aromatic carbocycles. The van der Waals surface area contributed by atoms with E-state index in [1.807, 2.05) is 23.1 Å². The molecule has 0 spiro atoms. The Morgan fingerprint density at radius 2 is 1.90 bits per heavy atom. The number of likely N-dealkylation sites (tertiary alicyclic amines) is 1. The topological polar surface area (TPSA) is 39.3 Å². The number of H-pyrrole nitrogens is 1. The van der Waals surface area contributed by atoms with Gasteiger partial charge in [0.05, 0.1) is 5.41 Å². The SMILES string of the molecule is CCC1(C)C(=O)N(CCN2CCC(c3c[nH]c4cc(F)ccc34)CC2)c2ccccc21. The van der Waals surface area contributed by atoms with Crippen molar-refractivity contribution in [3.8, 4) is 0 Å². The van der Waals surface area contributed by atoms with Gasteiger partial charge in [-0.15, -0.1) is 0 Å². The number of rotatable bonds is 5. The minimum absolute atomic E-state index is 0.201. The minimum Gasteiger partial charge on any atom is -0.361 e. The predicted octanol–water partition coefficient (Wildman–Crippen LogP) is 5.20. The first-order valence-electron chi connectivity index (χ1n) is 11.4. The van der Waals surface area contributed by atoms with Crippen molar-refractivity contribution >= 4 is 22.5 Å². The maximum Gasteiger partial charge on any atom is 0.237 e. The first-order chi connectivity index (χ1) is 15.0. The predicted molar refractivity (Wildman–Crippen MR) is 123 cm³/mol. The van der Waals surface area contributed by atoms with Gasteiger partial charge in [0, 0.05) is 35.9 Å². The molecule has 3 heterocycles. The summed E-state index contributed by atoms with van der Waals surface area (Å²) in [4.78, 5) is 20.9. The van der Waals surface area contributed by atoms with Gasteiger partial charge in [0.1, 0.15) is 5.82 Å². The first-order valence-corrected chi connectivity index (χ1v) is 11.4. The summed E-state index contributed by atoms with van der Waals surface area (Å²) in [5, 5.41) is 1.14. The number of halogens is 1. The van der Waals surface area contributed by atoms with Crippen LogP contribution in [-0.4, -0.2) is 42.0 Å². The summed E-state index contributed by atoms with van der Waals surface area (Å²) in [6.45, 7) is 7.85. The number of hydrogen-bond acceptors (Lipinski definition) is 2. The van der Waals surface area contributed by atoms with Gasteiger partial charge in [-0.25, -0.2) is 4.39 Å². The molecule has 1 saturated heterocycles. The molecular formula is C26H30FN3O. The Morgan fingerprint density at radius 1 is 1.13 bits per heavy atom. The number of amides is 1. The minimum atomic E-state index is -0.404. The Balaban J connectivity index is 1.23. The van der Waals surface area contributed by atoms with Crippen LogP contribution >= 0.6 is 0 Å². The number of nitrogens with one attached hydrogen (secondary N) is 1. The van der Waals surface area contributed by atoms with Gasteiger partial charge in [0.25, 0.3) is 0 Å². The number of anilines is 1. The number of aromatic nitrogens is 1. The van der Waals surface area contributed by atoms with Crippen molar-refractivity contribution in [3.63, 3.8) is 0 Å². The van der Waals surface area contributed by atoms with Gasteiger partial charge in [-0.3, -0.25) is 4.79 Å². The molecule has 0 bridgehead atoms. The fourth-order valence-electron chi connectivity index (χ4n) is 5.43. The van der Waals surface area contributed by atoms with Crippen molar-refractivity contribution in [2.75, 3.05) is 31.1 Å². The zero-order chi connectivity index (χ0) is 21.6. The summed E-state index contributed by atoms with van der Waals surface area (Å²) in [5.41, 5.74) is 4.02. The number of aromatic amines is 1. The van der Waals surface area contributed by atoms with E-state index in [0.29, 0.717) is 5.92 Å². The summed E-state index contributed by atoms with van der Waals surface area (Å²) in [6.07, 6.45) is 5.04. The van der Waals surface area contributed by atoms with E-state index in [4.69, 9.17) is 0 Å². The van der Waals surface area contributed by atoms with Gasteiger partial charge in [0.15, 0.2) is 0 Å². The smallest absolute Gasteiger partial charge is 0.237 e. The standard InChI is InChI=1S/C26H30FN3O/c1-3-26(2)22-6-4-5-7-24(22)30(25(26)31)15-14-29-12-10-18(11-13-29)21-17-28-23-16-19(27)8-9-20(21)23/h4-9,16-18,28H,3,10-15H2,1-2H3. The molecule has 1 N–H and O–H groups in total. The molecule has 1 amide bonds. The summed E-state index contributed by atoms with van der Waals surface area (Å²) >= 11 is 0. The van der Waals surface area contributed by atoms with Crippen LogP contribution in [0.15, 0.2) is 48.7 Å². The normalized spacial score (nSPS) is 22.4. The molecule has 1 aromatic heterocycles. The molecule has 2 aliphatic heterocycles. The van der Waals surface area contributed by atoms with Crippen LogP contribution < -0.4 is 4.90 Å². The Hall–Kier alpha value is -2.66. The molecule has 5 rings (SSSR count). The lowest BCUT2D eigenvalue weighted by Gasteiger charge is -2.33. The van der Waals surface area contributed by atoms with E-state index >= 15 is 0 Å². The van der Waals surface area contributed by atoms with E-state index in [-0.39, 0.29) is 11.7 Å². The van der Waals surface area contributed by atoms with Crippen molar-refractivity contribution in [2.45, 2.75) is 44.4 Å². The van der Waals surface area contributed by atoms with Gasteiger partial charge in [0.2, 0.25) is 5.91 Å². The van der Waals surface area contributed by atoms with E-state index in [9.17, 15) is 9.18 Å². The van der Waals surface area contributed by atoms with E-state index in [1.54, 1.807) is 12.1 Å². The van der Waals surface area contributed by atoms with Crippen molar-refractivity contribution in [1.29, 1.82) is 0 Å². The lowest BCUT2D eigenvalue weighted by Crippen LogP contribution is -2.43. The van der Waals surface area contributed by atoms with Crippen molar-refractivity contribution in [2.24, 2.45) is 0 Å². The van der Waals surface area contributed by atoms with Crippen molar-refractivity contribution in [3.05, 3.63) is 65.6 Å². The molecule has 2 aliphatic rings. The number of hydrogen-bond donors (Lipinski definition) is 1. The maximum absolute atomic E-state index is 13.5. The van der Waals surface area contributed by atoms with E-state index in [2.05, 4.69) is 42.1 Å². The second kappa shape index (κ2) is 7.79. The second-order valence-electron chi connectivity index (χ2n) is 9.21. The van der Waals surface area contributed by atoms with Crippen molar-refractivity contribution in [1.82, 2.24) is 9.88 Å². The van der Waals surface area contributed by atoms with E-state index in [1.165, 1.54) is 5.56 Å². The van der Waals surface area contributed by atoms with E-state index in [0.717, 1.165) is 67.6 Å². The van der Waals surface area contributed by atoms with Crippen LogP contribution in [0.1, 0.15) is 50.2 Å². The quantitative estimate of drug-likeness (QED) is 0.617. The molecule has 3 aromatic rings. The fraction of sp³-hybridized carbons (Fsp3) is 0.423. The first kappa shape index (κ1) is 20.3. The zero-order valence-corrected chi connectivity index (χ0v) is 18.3. The van der Waals surface area contributed by atoms with Crippen LogP contribution in [-0.2, 0) is 10.2 Å². The number of piperidine rings is 1.